The molecule has 1 amide bonds. The number of rotatable bonds is 6. The zero-order chi connectivity index (χ0) is 28.3. The van der Waals surface area contributed by atoms with Crippen molar-refractivity contribution >= 4 is 21.4 Å². The second-order valence-corrected chi connectivity index (χ2v) is 14.0. The van der Waals surface area contributed by atoms with Gasteiger partial charge in [-0.15, -0.1) is 0 Å². The van der Waals surface area contributed by atoms with Gasteiger partial charge in [-0.25, -0.2) is 13.4 Å². The minimum absolute atomic E-state index is 0.0129. The molecule has 4 aliphatic rings. The maximum Gasteiger partial charge on any atom is 0.403 e. The smallest absolute Gasteiger partial charge is 0.403 e. The number of benzene rings is 1. The van der Waals surface area contributed by atoms with Gasteiger partial charge in [-0.1, -0.05) is 31.0 Å². The van der Waals surface area contributed by atoms with Gasteiger partial charge in [-0.2, -0.15) is 18.4 Å². The van der Waals surface area contributed by atoms with Gasteiger partial charge in [0.15, 0.2) is 9.84 Å². The number of hydrogen-bond donors (Lipinski definition) is 1. The van der Waals surface area contributed by atoms with E-state index in [1.165, 1.54) is 0 Å². The predicted octanol–water partition coefficient (Wildman–Crippen LogP) is 4.62. The summed E-state index contributed by atoms with van der Waals surface area (Å²) in [5, 5.41) is 12.4. The summed E-state index contributed by atoms with van der Waals surface area (Å²) in [4.78, 5) is 19.9. The number of carbonyl (C=O) groups is 1. The maximum atomic E-state index is 14.2. The number of sulfone groups is 1. The average Bonchev–Trinajstić information content (AvgIpc) is 3.86. The Kier molecular flexibility index (Phi) is 6.44. The molecule has 1 aromatic carbocycles. The van der Waals surface area contributed by atoms with Crippen LogP contribution < -0.4 is 10.2 Å². The second kappa shape index (κ2) is 9.50. The number of alkyl halides is 3. The number of nitrogens with one attached hydrogen (secondary N) is 1. The minimum Gasteiger partial charge on any atom is -0.444 e. The van der Waals surface area contributed by atoms with Crippen LogP contribution in [-0.4, -0.2) is 55.6 Å². The molecule has 4 fully saturated rings. The van der Waals surface area contributed by atoms with Crippen LogP contribution in [0.5, 0.6) is 0 Å². The molecule has 1 aromatic heterocycles. The molecule has 2 atom stereocenters. The van der Waals surface area contributed by atoms with E-state index in [-0.39, 0.29) is 60.7 Å². The van der Waals surface area contributed by atoms with Gasteiger partial charge in [0.05, 0.1) is 17.6 Å². The molecule has 3 aliphatic carbocycles. The molecule has 6 rings (SSSR count). The number of nitrogens with zero attached hydrogens (tertiary/aromatic N) is 3. The zero-order valence-corrected chi connectivity index (χ0v) is 22.8. The third-order valence-electron chi connectivity index (χ3n) is 8.97. The summed E-state index contributed by atoms with van der Waals surface area (Å²) >= 11 is 0. The van der Waals surface area contributed by atoms with E-state index in [0.717, 1.165) is 12.8 Å². The highest BCUT2D eigenvalue weighted by Gasteiger charge is 2.68. The van der Waals surface area contributed by atoms with Crippen molar-refractivity contribution in [2.24, 2.45) is 5.92 Å². The van der Waals surface area contributed by atoms with Gasteiger partial charge in [0.2, 0.25) is 11.8 Å². The number of amides is 1. The SMILES string of the molecule is N#CC1(NC(=O)[C@@H]2CCCC[C@H]2c2oc(C3(C(F)(F)F)CC3)nc2-c2ccccc2N2CCS(=O)(=O)CC2)CC1. The molecular formula is C28H31F3N4O4S. The number of hydrogen-bond acceptors (Lipinski definition) is 7. The lowest BCUT2D eigenvalue weighted by atomic mass is 9.76. The van der Waals surface area contributed by atoms with E-state index in [9.17, 15) is 31.6 Å². The lowest BCUT2D eigenvalue weighted by molar-refractivity contribution is -0.165. The Morgan fingerprint density at radius 3 is 2.40 bits per heavy atom. The first-order chi connectivity index (χ1) is 19.0. The van der Waals surface area contributed by atoms with E-state index in [0.29, 0.717) is 36.9 Å². The first kappa shape index (κ1) is 27.1. The Balaban J connectivity index is 1.43. The monoisotopic (exact) mass is 576 g/mol. The summed E-state index contributed by atoms with van der Waals surface area (Å²) in [6.45, 7) is 0.521. The molecule has 8 nitrogen and oxygen atoms in total. The summed E-state index contributed by atoms with van der Waals surface area (Å²) in [5.74, 6) is -1.47. The van der Waals surface area contributed by atoms with Gasteiger partial charge in [0.25, 0.3) is 0 Å². The molecule has 0 spiro atoms. The fourth-order valence-electron chi connectivity index (χ4n) is 6.10. The number of aromatic nitrogens is 1. The van der Waals surface area contributed by atoms with Crippen molar-refractivity contribution in [2.45, 2.75) is 74.4 Å². The van der Waals surface area contributed by atoms with Gasteiger partial charge < -0.3 is 14.6 Å². The summed E-state index contributed by atoms with van der Waals surface area (Å²) < 4.78 is 72.8. The molecule has 0 unspecified atom stereocenters. The highest BCUT2D eigenvalue weighted by atomic mass is 32.2. The Bertz CT molecular complexity index is 1460. The molecular weight excluding hydrogens is 545 g/mol. The molecule has 40 heavy (non-hydrogen) atoms. The van der Waals surface area contributed by atoms with Gasteiger partial charge in [0.1, 0.15) is 22.4 Å². The van der Waals surface area contributed by atoms with Gasteiger partial charge in [-0.05, 0) is 44.6 Å². The van der Waals surface area contributed by atoms with Gasteiger partial charge in [0, 0.05) is 36.2 Å². The number of halogens is 3. The first-order valence-electron chi connectivity index (χ1n) is 13.8. The number of anilines is 1. The number of carbonyl (C=O) groups excluding carboxylic acids is 1. The first-order valence-corrected chi connectivity index (χ1v) is 15.7. The quantitative estimate of drug-likeness (QED) is 0.534. The molecule has 1 N–H and O–H groups in total. The van der Waals surface area contributed by atoms with Crippen LogP contribution in [0.4, 0.5) is 18.9 Å². The van der Waals surface area contributed by atoms with Crippen LogP contribution in [0, 0.1) is 17.2 Å². The van der Waals surface area contributed by atoms with Crippen LogP contribution >= 0.6 is 0 Å². The largest absolute Gasteiger partial charge is 0.444 e. The van der Waals surface area contributed by atoms with Crippen LogP contribution in [0.3, 0.4) is 0 Å². The van der Waals surface area contributed by atoms with Crippen molar-refractivity contribution in [2.75, 3.05) is 29.5 Å². The normalized spacial score (nSPS) is 26.5. The molecule has 0 bridgehead atoms. The van der Waals surface area contributed by atoms with Crippen molar-refractivity contribution in [3.05, 3.63) is 35.9 Å². The zero-order valence-electron chi connectivity index (χ0n) is 22.0. The molecule has 2 aromatic rings. The maximum absolute atomic E-state index is 14.2. The minimum atomic E-state index is -4.53. The lowest BCUT2D eigenvalue weighted by Crippen LogP contribution is -2.42. The second-order valence-electron chi connectivity index (χ2n) is 11.6. The fourth-order valence-corrected chi connectivity index (χ4v) is 7.31. The molecule has 214 valence electrons. The van der Waals surface area contributed by atoms with Crippen molar-refractivity contribution < 1.29 is 30.8 Å². The average molecular weight is 577 g/mol. The summed E-state index contributed by atoms with van der Waals surface area (Å²) in [6.07, 6.45) is -0.941. The Morgan fingerprint density at radius 1 is 1.10 bits per heavy atom. The predicted molar refractivity (Wildman–Crippen MR) is 140 cm³/mol. The highest BCUT2D eigenvalue weighted by molar-refractivity contribution is 7.91. The van der Waals surface area contributed by atoms with E-state index in [2.05, 4.69) is 16.4 Å². The lowest BCUT2D eigenvalue weighted by Gasteiger charge is -2.32. The summed E-state index contributed by atoms with van der Waals surface area (Å²) in [7, 11) is -3.15. The Labute approximate surface area is 230 Å². The molecule has 2 heterocycles. The number of oxazole rings is 1. The topological polar surface area (TPSA) is 116 Å². The van der Waals surface area contributed by atoms with Crippen LogP contribution in [0.15, 0.2) is 28.7 Å². The van der Waals surface area contributed by atoms with Crippen LogP contribution in [-0.2, 0) is 20.0 Å². The third kappa shape index (κ3) is 4.76. The number of para-hydroxylation sites is 1. The van der Waals surface area contributed by atoms with Crippen molar-refractivity contribution in [3.8, 4) is 17.3 Å². The Morgan fingerprint density at radius 2 is 1.77 bits per heavy atom. The summed E-state index contributed by atoms with van der Waals surface area (Å²) in [6, 6.07) is 9.32. The van der Waals surface area contributed by atoms with Crippen LogP contribution in [0.25, 0.3) is 11.3 Å². The number of nitriles is 1. The highest BCUT2D eigenvalue weighted by Crippen LogP contribution is 2.60. The van der Waals surface area contributed by atoms with E-state index in [1.807, 2.05) is 11.0 Å². The standard InChI is InChI=1S/C28H31F3N4O4S/c29-28(30,31)27(11-12-27)25-33-22(20-7-3-4-8-21(20)35-13-15-40(37,38)16-14-35)23(39-25)18-5-1-2-6-19(18)24(36)34-26(17-32)9-10-26/h3-4,7-8,18-19H,1-2,5-6,9-16H2,(H,34,36)/t18-,19-/m1/s1. The van der Waals surface area contributed by atoms with E-state index in [4.69, 9.17) is 4.42 Å². The molecule has 1 saturated heterocycles. The molecule has 0 radical (unpaired) electrons. The van der Waals surface area contributed by atoms with Gasteiger partial charge >= 0.3 is 6.18 Å². The van der Waals surface area contributed by atoms with Crippen LogP contribution in [0.1, 0.15) is 68.9 Å². The fraction of sp³-hybridized carbons (Fsp3) is 0.607. The van der Waals surface area contributed by atoms with Gasteiger partial charge in [-0.3, -0.25) is 4.79 Å². The molecule has 12 heteroatoms. The third-order valence-corrected chi connectivity index (χ3v) is 10.6. The van der Waals surface area contributed by atoms with E-state index >= 15 is 0 Å². The molecule has 1 aliphatic heterocycles. The van der Waals surface area contributed by atoms with Crippen molar-refractivity contribution in [3.63, 3.8) is 0 Å². The van der Waals surface area contributed by atoms with Crippen molar-refractivity contribution in [1.82, 2.24) is 10.3 Å². The van der Waals surface area contributed by atoms with Crippen molar-refractivity contribution in [1.29, 1.82) is 5.26 Å². The Hall–Kier alpha value is -3.07. The van der Waals surface area contributed by atoms with Crippen LogP contribution in [0.2, 0.25) is 0 Å². The molecule has 3 saturated carbocycles. The van der Waals surface area contributed by atoms with E-state index < -0.39 is 38.8 Å². The summed E-state index contributed by atoms with van der Waals surface area (Å²) in [5.41, 5.74) is -1.48. The van der Waals surface area contributed by atoms with E-state index in [1.54, 1.807) is 18.2 Å².